The quantitative estimate of drug-likeness (QED) is 0.170. The van der Waals surface area contributed by atoms with Crippen LogP contribution in [0.5, 0.6) is 0 Å². The lowest BCUT2D eigenvalue weighted by Crippen LogP contribution is -2.33. The normalized spacial score (nSPS) is 11.7. The lowest BCUT2D eigenvalue weighted by molar-refractivity contribution is -0.152. The Morgan fingerprint density at radius 1 is 0.833 bits per heavy atom. The van der Waals surface area contributed by atoms with Crippen molar-refractivity contribution in [3.63, 3.8) is 0 Å². The summed E-state index contributed by atoms with van der Waals surface area (Å²) in [5, 5.41) is 6.24. The van der Waals surface area contributed by atoms with Gasteiger partial charge in [0.2, 0.25) is 0 Å². The third-order valence-corrected chi connectivity index (χ3v) is 6.30. The molecule has 0 aliphatic carbocycles. The van der Waals surface area contributed by atoms with E-state index in [4.69, 9.17) is 9.47 Å². The van der Waals surface area contributed by atoms with E-state index in [1.807, 2.05) is 81.4 Å². The fraction of sp³-hybridized carbons (Fsp3) is 0.235. The molecule has 1 atom stereocenters. The summed E-state index contributed by atoms with van der Waals surface area (Å²) >= 11 is 0. The van der Waals surface area contributed by atoms with E-state index in [1.54, 1.807) is 36.4 Å². The van der Waals surface area contributed by atoms with Crippen molar-refractivity contribution < 1.29 is 23.9 Å². The maximum absolute atomic E-state index is 13.2. The fourth-order valence-corrected chi connectivity index (χ4v) is 4.36. The summed E-state index contributed by atoms with van der Waals surface area (Å²) in [7, 11) is 1.34. The van der Waals surface area contributed by atoms with Gasteiger partial charge in [-0.15, -0.1) is 0 Å². The number of ether oxygens (including phenoxy) is 2. The summed E-state index contributed by atoms with van der Waals surface area (Å²) in [6.07, 6.45) is 0.339. The van der Waals surface area contributed by atoms with E-state index in [2.05, 4.69) is 15.6 Å². The van der Waals surface area contributed by atoms with Crippen LogP contribution in [0.1, 0.15) is 42.3 Å². The summed E-state index contributed by atoms with van der Waals surface area (Å²) in [5.74, 6) is -0.380. The van der Waals surface area contributed by atoms with E-state index >= 15 is 0 Å². The number of para-hydroxylation sites is 1. The van der Waals surface area contributed by atoms with Crippen LogP contribution in [-0.4, -0.2) is 48.0 Å². The summed E-state index contributed by atoms with van der Waals surface area (Å²) in [6.45, 7) is 5.48. The Balaban J connectivity index is 1.46. The lowest BCUT2D eigenvalue weighted by Gasteiger charge is -2.20. The summed E-state index contributed by atoms with van der Waals surface area (Å²) in [5.41, 5.74) is 3.54. The second-order valence-corrected chi connectivity index (χ2v) is 10.7. The molecule has 0 amide bonds. The van der Waals surface area contributed by atoms with E-state index < -0.39 is 17.6 Å². The number of benzene rings is 3. The van der Waals surface area contributed by atoms with Gasteiger partial charge in [-0.2, -0.15) is 0 Å². The second-order valence-electron chi connectivity index (χ2n) is 10.7. The van der Waals surface area contributed by atoms with Crippen molar-refractivity contribution in [2.75, 3.05) is 24.3 Å². The van der Waals surface area contributed by atoms with E-state index in [1.165, 1.54) is 7.11 Å². The number of nitrogens with one attached hydrogen (secondary N) is 2. The number of hydrogen-bond donors (Lipinski definition) is 2. The van der Waals surface area contributed by atoms with E-state index in [0.29, 0.717) is 29.1 Å². The Bertz CT molecular complexity index is 1530. The highest BCUT2D eigenvalue weighted by molar-refractivity contribution is 6.12. The number of hydrogen-bond acceptors (Lipinski definition) is 8. The van der Waals surface area contributed by atoms with E-state index in [9.17, 15) is 14.4 Å². The van der Waals surface area contributed by atoms with Crippen LogP contribution in [0, 0.1) is 0 Å². The number of esters is 2. The Kier molecular flexibility index (Phi) is 9.70. The van der Waals surface area contributed by atoms with Crippen molar-refractivity contribution in [3.05, 3.63) is 114 Å². The third-order valence-electron chi connectivity index (χ3n) is 6.30. The van der Waals surface area contributed by atoms with Gasteiger partial charge >= 0.3 is 11.9 Å². The van der Waals surface area contributed by atoms with Crippen LogP contribution in [0.4, 0.5) is 11.5 Å². The zero-order valence-electron chi connectivity index (χ0n) is 24.2. The molecule has 1 aromatic heterocycles. The maximum Gasteiger partial charge on any atom is 0.328 e. The van der Waals surface area contributed by atoms with Crippen molar-refractivity contribution in [3.8, 4) is 11.3 Å². The average molecular weight is 566 g/mol. The van der Waals surface area contributed by atoms with Crippen LogP contribution >= 0.6 is 0 Å². The highest BCUT2D eigenvalue weighted by Crippen LogP contribution is 2.23. The number of anilines is 2. The number of carbonyl (C=O) groups is 3. The van der Waals surface area contributed by atoms with Gasteiger partial charge in [-0.1, -0.05) is 72.8 Å². The summed E-state index contributed by atoms with van der Waals surface area (Å²) in [4.78, 5) is 42.6. The first-order valence-electron chi connectivity index (χ1n) is 13.7. The molecular formula is C34H35N3O5. The highest BCUT2D eigenvalue weighted by Gasteiger charge is 2.23. The molecule has 3 aromatic carbocycles. The molecule has 0 aliphatic heterocycles. The molecule has 216 valence electrons. The number of nitrogens with zero attached hydrogens (tertiary/aromatic N) is 1. The molecule has 8 heteroatoms. The van der Waals surface area contributed by atoms with Crippen LogP contribution in [-0.2, 0) is 25.5 Å². The molecule has 0 saturated carbocycles. The number of aromatic nitrogens is 1. The van der Waals surface area contributed by atoms with Gasteiger partial charge in [-0.25, -0.2) is 9.78 Å². The van der Waals surface area contributed by atoms with Gasteiger partial charge in [-0.3, -0.25) is 9.59 Å². The predicted molar refractivity (Wildman–Crippen MR) is 163 cm³/mol. The standard InChI is InChI=1S/C34H35N3O5/c1-34(2,3)42-31(38)22-35-30-16-10-15-27(37-30)24-19-17-23(18-20-24)21-29(33(40)41-4)36-28-14-9-8-13-26(28)32(39)25-11-6-5-7-12-25/h5-20,29,36H,21-22H2,1-4H3,(H,35,37)/t29-/m0/s1. The van der Waals surface area contributed by atoms with Crippen molar-refractivity contribution >= 4 is 29.2 Å². The molecule has 0 saturated heterocycles. The molecule has 0 unspecified atom stereocenters. The molecule has 42 heavy (non-hydrogen) atoms. The summed E-state index contributed by atoms with van der Waals surface area (Å²) in [6, 6.07) is 28.7. The number of ketones is 1. The first-order chi connectivity index (χ1) is 20.1. The monoisotopic (exact) mass is 565 g/mol. The van der Waals surface area contributed by atoms with Gasteiger partial charge in [0.1, 0.15) is 24.0 Å². The van der Waals surface area contributed by atoms with E-state index in [-0.39, 0.29) is 18.3 Å². The molecule has 0 spiro atoms. The smallest absolute Gasteiger partial charge is 0.328 e. The highest BCUT2D eigenvalue weighted by atomic mass is 16.6. The SMILES string of the molecule is COC(=O)[C@H](Cc1ccc(-c2cccc(NCC(=O)OC(C)(C)C)n2)cc1)Nc1ccccc1C(=O)c1ccccc1. The summed E-state index contributed by atoms with van der Waals surface area (Å²) < 4.78 is 10.4. The number of carbonyl (C=O) groups excluding carboxylic acids is 3. The zero-order chi connectivity index (χ0) is 30.1. The van der Waals surface area contributed by atoms with Gasteiger partial charge < -0.3 is 20.1 Å². The molecule has 0 aliphatic rings. The lowest BCUT2D eigenvalue weighted by atomic mass is 9.99. The first kappa shape index (κ1) is 30.0. The van der Waals surface area contributed by atoms with Crippen LogP contribution in [0.2, 0.25) is 0 Å². The number of rotatable bonds is 11. The minimum Gasteiger partial charge on any atom is -0.467 e. The van der Waals surface area contributed by atoms with Crippen molar-refractivity contribution in [2.45, 2.75) is 38.8 Å². The van der Waals surface area contributed by atoms with Gasteiger partial charge in [0, 0.05) is 28.8 Å². The molecule has 0 fully saturated rings. The van der Waals surface area contributed by atoms with Gasteiger partial charge in [0.15, 0.2) is 5.78 Å². The Morgan fingerprint density at radius 3 is 2.21 bits per heavy atom. The van der Waals surface area contributed by atoms with Crippen molar-refractivity contribution in [1.29, 1.82) is 0 Å². The Morgan fingerprint density at radius 2 is 1.52 bits per heavy atom. The molecule has 4 aromatic rings. The topological polar surface area (TPSA) is 107 Å². The maximum atomic E-state index is 13.2. The third kappa shape index (κ3) is 8.27. The molecule has 2 N–H and O–H groups in total. The first-order valence-corrected chi connectivity index (χ1v) is 13.7. The van der Waals surface area contributed by atoms with Crippen molar-refractivity contribution in [2.24, 2.45) is 0 Å². The minimum atomic E-state index is -0.718. The fourth-order valence-electron chi connectivity index (χ4n) is 4.36. The average Bonchev–Trinajstić information content (AvgIpc) is 2.99. The van der Waals surface area contributed by atoms with Crippen LogP contribution in [0.25, 0.3) is 11.3 Å². The van der Waals surface area contributed by atoms with Crippen LogP contribution in [0.15, 0.2) is 97.1 Å². The largest absolute Gasteiger partial charge is 0.467 e. The van der Waals surface area contributed by atoms with Gasteiger partial charge in [0.25, 0.3) is 0 Å². The molecular weight excluding hydrogens is 530 g/mol. The van der Waals surface area contributed by atoms with Crippen LogP contribution in [0.3, 0.4) is 0 Å². The molecule has 1 heterocycles. The van der Waals surface area contributed by atoms with E-state index in [0.717, 1.165) is 16.8 Å². The molecule has 8 nitrogen and oxygen atoms in total. The minimum absolute atomic E-state index is 0.00858. The van der Waals surface area contributed by atoms with Gasteiger partial charge in [-0.05, 0) is 50.6 Å². The Labute approximate surface area is 246 Å². The van der Waals surface area contributed by atoms with Crippen LogP contribution < -0.4 is 10.6 Å². The molecule has 0 bridgehead atoms. The van der Waals surface area contributed by atoms with Crippen molar-refractivity contribution in [1.82, 2.24) is 4.98 Å². The second kappa shape index (κ2) is 13.6. The zero-order valence-corrected chi connectivity index (χ0v) is 24.2. The van der Waals surface area contributed by atoms with Gasteiger partial charge in [0.05, 0.1) is 12.8 Å². The molecule has 4 rings (SSSR count). The number of methoxy groups -OCH3 is 1. The number of pyridine rings is 1. The molecule has 0 radical (unpaired) electrons. The Hall–Kier alpha value is -4.98. The predicted octanol–water partition coefficient (Wildman–Crippen LogP) is 5.93.